The third kappa shape index (κ3) is 4.34. The third-order valence-corrected chi connectivity index (χ3v) is 5.17. The maximum Gasteiger partial charge on any atom is 0.280 e. The summed E-state index contributed by atoms with van der Waals surface area (Å²) in [6.45, 7) is 7.90. The van der Waals surface area contributed by atoms with E-state index in [1.54, 1.807) is 4.68 Å². The highest BCUT2D eigenvalue weighted by Gasteiger charge is 2.29. The molecular weight excluding hydrogens is 384 g/mol. The van der Waals surface area contributed by atoms with Gasteiger partial charge in [-0.2, -0.15) is 4.98 Å². The molecule has 1 fully saturated rings. The Morgan fingerprint density at radius 2 is 2.10 bits per heavy atom. The predicted octanol–water partition coefficient (Wildman–Crippen LogP) is 2.87. The Hall–Kier alpha value is -3.23. The Labute approximate surface area is 175 Å². The highest BCUT2D eigenvalue weighted by Crippen LogP contribution is 2.24. The molecule has 1 atom stereocenters. The standard InChI is InChI=1S/C21H26N6O3/c1-4-29-17-7-5-15(6-8-17)11-19(28)26-10-9-16(12-26)27-13-18(23-25-27)21-22-20(14(2)3)24-30-21/h5-8,13-14,16H,4,9-12H2,1-3H3. The molecule has 1 unspecified atom stereocenters. The van der Waals surface area contributed by atoms with Crippen molar-refractivity contribution in [2.75, 3.05) is 19.7 Å². The van der Waals surface area contributed by atoms with Crippen LogP contribution >= 0.6 is 0 Å². The van der Waals surface area contributed by atoms with Gasteiger partial charge in [-0.3, -0.25) is 4.79 Å². The first-order chi connectivity index (χ1) is 14.5. The van der Waals surface area contributed by atoms with Crippen LogP contribution in [0.3, 0.4) is 0 Å². The Morgan fingerprint density at radius 1 is 1.30 bits per heavy atom. The van der Waals surface area contributed by atoms with Crippen LogP contribution in [-0.2, 0) is 11.2 Å². The summed E-state index contributed by atoms with van der Waals surface area (Å²) < 4.78 is 12.5. The van der Waals surface area contributed by atoms with Crippen molar-refractivity contribution in [3.8, 4) is 17.3 Å². The number of nitrogens with zero attached hydrogens (tertiary/aromatic N) is 6. The van der Waals surface area contributed by atoms with Gasteiger partial charge in [-0.25, -0.2) is 4.68 Å². The van der Waals surface area contributed by atoms with Gasteiger partial charge in [0.25, 0.3) is 5.89 Å². The van der Waals surface area contributed by atoms with E-state index in [1.165, 1.54) is 0 Å². The first kappa shape index (κ1) is 20.1. The third-order valence-electron chi connectivity index (χ3n) is 5.17. The normalized spacial score (nSPS) is 16.4. The van der Waals surface area contributed by atoms with Gasteiger partial charge in [-0.05, 0) is 31.0 Å². The molecule has 1 aromatic carbocycles. The van der Waals surface area contributed by atoms with Crippen LogP contribution in [0.4, 0.5) is 0 Å². The zero-order valence-electron chi connectivity index (χ0n) is 17.5. The van der Waals surface area contributed by atoms with Gasteiger partial charge < -0.3 is 14.2 Å². The summed E-state index contributed by atoms with van der Waals surface area (Å²) in [7, 11) is 0. The SMILES string of the molecule is CCOc1ccc(CC(=O)N2CCC(n3cc(-c4nc(C(C)C)no4)nn3)C2)cc1. The van der Waals surface area contributed by atoms with Crippen LogP contribution in [0.15, 0.2) is 35.0 Å². The van der Waals surface area contributed by atoms with E-state index in [0.717, 1.165) is 17.7 Å². The van der Waals surface area contributed by atoms with Crippen molar-refractivity contribution in [1.82, 2.24) is 30.0 Å². The summed E-state index contributed by atoms with van der Waals surface area (Å²) in [5, 5.41) is 12.4. The minimum atomic E-state index is 0.0861. The molecule has 158 valence electrons. The molecule has 0 aliphatic carbocycles. The van der Waals surface area contributed by atoms with Gasteiger partial charge in [-0.1, -0.05) is 36.4 Å². The van der Waals surface area contributed by atoms with E-state index in [4.69, 9.17) is 9.26 Å². The van der Waals surface area contributed by atoms with Crippen molar-refractivity contribution in [3.05, 3.63) is 41.9 Å². The van der Waals surface area contributed by atoms with E-state index < -0.39 is 0 Å². The molecule has 0 radical (unpaired) electrons. The van der Waals surface area contributed by atoms with Crippen LogP contribution < -0.4 is 4.74 Å². The Morgan fingerprint density at radius 3 is 2.80 bits per heavy atom. The fraction of sp³-hybridized carbons (Fsp3) is 0.476. The van der Waals surface area contributed by atoms with Gasteiger partial charge in [-0.15, -0.1) is 5.10 Å². The topological polar surface area (TPSA) is 99.2 Å². The fourth-order valence-electron chi connectivity index (χ4n) is 3.47. The summed E-state index contributed by atoms with van der Waals surface area (Å²) in [6, 6.07) is 7.77. The van der Waals surface area contributed by atoms with Crippen molar-refractivity contribution in [3.63, 3.8) is 0 Å². The molecule has 30 heavy (non-hydrogen) atoms. The van der Waals surface area contributed by atoms with Crippen LogP contribution in [0.5, 0.6) is 5.75 Å². The second-order valence-corrected chi connectivity index (χ2v) is 7.73. The molecule has 0 spiro atoms. The maximum absolute atomic E-state index is 12.7. The van der Waals surface area contributed by atoms with E-state index in [-0.39, 0.29) is 17.9 Å². The number of carbonyl (C=O) groups excluding carboxylic acids is 1. The molecule has 9 heteroatoms. The fourth-order valence-corrected chi connectivity index (χ4v) is 3.47. The van der Waals surface area contributed by atoms with Crippen molar-refractivity contribution in [2.45, 2.75) is 45.6 Å². The summed E-state index contributed by atoms with van der Waals surface area (Å²) in [6.07, 6.45) is 3.02. The summed E-state index contributed by atoms with van der Waals surface area (Å²) in [5.41, 5.74) is 1.53. The first-order valence-electron chi connectivity index (χ1n) is 10.3. The lowest BCUT2D eigenvalue weighted by molar-refractivity contribution is -0.129. The number of hydrogen-bond donors (Lipinski definition) is 0. The number of amides is 1. The van der Waals surface area contributed by atoms with Gasteiger partial charge in [0.15, 0.2) is 11.5 Å². The van der Waals surface area contributed by atoms with Crippen molar-refractivity contribution >= 4 is 5.91 Å². The number of hydrogen-bond acceptors (Lipinski definition) is 7. The quantitative estimate of drug-likeness (QED) is 0.590. The minimum Gasteiger partial charge on any atom is -0.494 e. The van der Waals surface area contributed by atoms with Crippen molar-refractivity contribution < 1.29 is 14.1 Å². The number of carbonyl (C=O) groups is 1. The van der Waals surface area contributed by atoms with Gasteiger partial charge in [0.1, 0.15) is 5.75 Å². The van der Waals surface area contributed by atoms with Gasteiger partial charge in [0, 0.05) is 19.0 Å². The van der Waals surface area contributed by atoms with E-state index in [9.17, 15) is 4.79 Å². The van der Waals surface area contributed by atoms with Crippen LogP contribution in [0.25, 0.3) is 11.6 Å². The Bertz CT molecular complexity index is 994. The minimum absolute atomic E-state index is 0.0861. The summed E-state index contributed by atoms with van der Waals surface area (Å²) >= 11 is 0. The lowest BCUT2D eigenvalue weighted by Gasteiger charge is -2.16. The smallest absolute Gasteiger partial charge is 0.280 e. The number of aromatic nitrogens is 5. The van der Waals surface area contributed by atoms with Crippen molar-refractivity contribution in [2.24, 2.45) is 0 Å². The molecule has 0 saturated carbocycles. The van der Waals surface area contributed by atoms with E-state index in [0.29, 0.717) is 43.5 Å². The van der Waals surface area contributed by atoms with E-state index >= 15 is 0 Å². The monoisotopic (exact) mass is 410 g/mol. The average molecular weight is 410 g/mol. The molecule has 3 heterocycles. The zero-order valence-corrected chi connectivity index (χ0v) is 17.5. The lowest BCUT2D eigenvalue weighted by Crippen LogP contribution is -2.30. The van der Waals surface area contributed by atoms with E-state index in [1.807, 2.05) is 56.1 Å². The molecule has 4 rings (SSSR count). The predicted molar refractivity (Wildman–Crippen MR) is 109 cm³/mol. The molecule has 3 aromatic rings. The number of rotatable bonds is 7. The maximum atomic E-state index is 12.7. The molecule has 1 aliphatic heterocycles. The van der Waals surface area contributed by atoms with Gasteiger partial charge >= 0.3 is 0 Å². The molecule has 1 aliphatic rings. The molecule has 1 amide bonds. The number of ether oxygens (including phenoxy) is 1. The van der Waals surface area contributed by atoms with Gasteiger partial charge in [0.05, 0.1) is 25.3 Å². The molecule has 0 bridgehead atoms. The summed E-state index contributed by atoms with van der Waals surface area (Å²) in [5.74, 6) is 2.12. The molecule has 1 saturated heterocycles. The Balaban J connectivity index is 1.36. The van der Waals surface area contributed by atoms with Crippen LogP contribution in [-0.4, -0.2) is 55.6 Å². The molecule has 9 nitrogen and oxygen atoms in total. The lowest BCUT2D eigenvalue weighted by atomic mass is 10.1. The van der Waals surface area contributed by atoms with Crippen molar-refractivity contribution in [1.29, 1.82) is 0 Å². The molecule has 2 aromatic heterocycles. The molecular formula is C21H26N6O3. The Kier molecular flexibility index (Phi) is 5.78. The van der Waals surface area contributed by atoms with Crippen LogP contribution in [0.2, 0.25) is 0 Å². The highest BCUT2D eigenvalue weighted by molar-refractivity contribution is 5.79. The largest absolute Gasteiger partial charge is 0.494 e. The number of benzene rings is 1. The first-order valence-corrected chi connectivity index (χ1v) is 10.3. The van der Waals surface area contributed by atoms with Crippen LogP contribution in [0.1, 0.15) is 50.5 Å². The second-order valence-electron chi connectivity index (χ2n) is 7.73. The van der Waals surface area contributed by atoms with E-state index in [2.05, 4.69) is 20.5 Å². The second kappa shape index (κ2) is 8.64. The molecule has 0 N–H and O–H groups in total. The van der Waals surface area contributed by atoms with Crippen LogP contribution in [0, 0.1) is 0 Å². The zero-order chi connectivity index (χ0) is 21.1. The average Bonchev–Trinajstić information content (AvgIpc) is 3.48. The van der Waals surface area contributed by atoms with Gasteiger partial charge in [0.2, 0.25) is 5.91 Å². The number of likely N-dealkylation sites (tertiary alicyclic amines) is 1. The summed E-state index contributed by atoms with van der Waals surface area (Å²) in [4.78, 5) is 19.0. The highest BCUT2D eigenvalue weighted by atomic mass is 16.5.